The van der Waals surface area contributed by atoms with E-state index in [-0.39, 0.29) is 0 Å². The minimum Gasteiger partial charge on any atom is -0.314 e. The molecule has 1 N–H and O–H groups in total. The van der Waals surface area contributed by atoms with Gasteiger partial charge in [-0.2, -0.15) is 0 Å². The van der Waals surface area contributed by atoms with Gasteiger partial charge in [0.25, 0.3) is 0 Å². The molecule has 0 aliphatic heterocycles. The Labute approximate surface area is 72.8 Å². The van der Waals surface area contributed by atoms with Crippen LogP contribution in [0.3, 0.4) is 0 Å². The van der Waals surface area contributed by atoms with E-state index in [9.17, 15) is 0 Å². The minimum atomic E-state index is 0.750. The van der Waals surface area contributed by atoms with Gasteiger partial charge < -0.3 is 10.1 Å². The summed E-state index contributed by atoms with van der Waals surface area (Å²) < 4.78 is 0. The highest BCUT2D eigenvalue weighted by atomic mass is 16.1. The number of carbonyl (C=O) groups excluding carboxylic acids is 1. The first kappa shape index (κ1) is 10.8. The lowest BCUT2D eigenvalue weighted by molar-refractivity contribution is -0.106. The molecule has 0 aromatic carbocycles. The molecule has 66 valence electrons. The highest BCUT2D eigenvalue weighted by Crippen LogP contribution is 1.89. The molecule has 0 bridgehead atoms. The third kappa shape index (κ3) is 5.56. The number of hydrogen-bond acceptors (Lipinski definition) is 3. The van der Waals surface area contributed by atoms with Crippen LogP contribution in [0.4, 0.5) is 0 Å². The topological polar surface area (TPSA) is 42.0 Å². The van der Waals surface area contributed by atoms with Crippen molar-refractivity contribution < 1.29 is 4.79 Å². The van der Waals surface area contributed by atoms with Crippen molar-refractivity contribution in [3.63, 3.8) is 0 Å². The number of hydrogen-bond donors (Lipinski definition) is 1. The van der Waals surface area contributed by atoms with Crippen LogP contribution in [0.2, 0.25) is 0 Å². The smallest absolute Gasteiger partial charge is 0.116 e. The third-order valence-electron chi connectivity index (χ3n) is 1.08. The van der Waals surface area contributed by atoms with Crippen LogP contribution >= 0.6 is 0 Å². The quantitative estimate of drug-likeness (QED) is 0.666. The Morgan fingerprint density at radius 1 is 1.58 bits per heavy atom. The van der Waals surface area contributed by atoms with Crippen molar-refractivity contribution in [1.29, 1.82) is 0 Å². The standard InChI is InChI=1S/C7H10N2.C2H4O/c1-8-6-7-4-2-3-5-9-7;1-2-3/h2-5,8H,6H2,1H3;2H,1H3. The average molecular weight is 166 g/mol. The number of carbonyl (C=O) groups is 1. The molecule has 0 saturated heterocycles. The van der Waals surface area contributed by atoms with Crippen molar-refractivity contribution >= 4 is 6.29 Å². The maximum Gasteiger partial charge on any atom is 0.116 e. The van der Waals surface area contributed by atoms with Gasteiger partial charge in [0.05, 0.1) is 5.69 Å². The Bertz CT molecular complexity index is 199. The fourth-order valence-electron chi connectivity index (χ4n) is 0.684. The first-order valence-corrected chi connectivity index (χ1v) is 3.79. The van der Waals surface area contributed by atoms with Crippen LogP contribution < -0.4 is 5.32 Å². The van der Waals surface area contributed by atoms with Gasteiger partial charge >= 0.3 is 0 Å². The van der Waals surface area contributed by atoms with E-state index in [0.717, 1.165) is 18.5 Å². The van der Waals surface area contributed by atoms with Crippen LogP contribution in [-0.4, -0.2) is 18.3 Å². The molecule has 1 aromatic rings. The second-order valence-corrected chi connectivity index (χ2v) is 2.09. The van der Waals surface area contributed by atoms with Gasteiger partial charge in [-0.1, -0.05) is 6.07 Å². The zero-order valence-electron chi connectivity index (χ0n) is 7.45. The Morgan fingerprint density at radius 3 is 2.67 bits per heavy atom. The molecule has 1 rings (SSSR count). The average Bonchev–Trinajstić information content (AvgIpc) is 2.08. The van der Waals surface area contributed by atoms with E-state index in [4.69, 9.17) is 4.79 Å². The number of aldehydes is 1. The number of aromatic nitrogens is 1. The van der Waals surface area contributed by atoms with Gasteiger partial charge in [0.1, 0.15) is 6.29 Å². The zero-order chi connectivity index (χ0) is 9.23. The molecular formula is C9H14N2O. The zero-order valence-corrected chi connectivity index (χ0v) is 7.45. The van der Waals surface area contributed by atoms with Crippen LogP contribution in [-0.2, 0) is 11.3 Å². The summed E-state index contributed by atoms with van der Waals surface area (Å²) in [5.74, 6) is 0. The van der Waals surface area contributed by atoms with Gasteiger partial charge in [0.15, 0.2) is 0 Å². The molecule has 0 unspecified atom stereocenters. The fraction of sp³-hybridized carbons (Fsp3) is 0.333. The molecule has 0 atom stereocenters. The number of rotatable bonds is 2. The van der Waals surface area contributed by atoms with E-state index < -0.39 is 0 Å². The number of nitrogens with zero attached hydrogens (tertiary/aromatic N) is 1. The maximum absolute atomic E-state index is 8.81. The van der Waals surface area contributed by atoms with E-state index in [1.165, 1.54) is 6.92 Å². The largest absolute Gasteiger partial charge is 0.314 e. The maximum atomic E-state index is 8.81. The molecule has 0 fully saturated rings. The highest BCUT2D eigenvalue weighted by molar-refractivity contribution is 5.44. The fourth-order valence-corrected chi connectivity index (χ4v) is 0.684. The lowest BCUT2D eigenvalue weighted by Crippen LogP contribution is -2.05. The van der Waals surface area contributed by atoms with Gasteiger partial charge in [0.2, 0.25) is 0 Å². The van der Waals surface area contributed by atoms with Crippen LogP contribution in [0.5, 0.6) is 0 Å². The van der Waals surface area contributed by atoms with E-state index in [1.807, 2.05) is 25.2 Å². The summed E-state index contributed by atoms with van der Waals surface area (Å²) in [6.07, 6.45) is 2.55. The molecule has 3 heteroatoms. The van der Waals surface area contributed by atoms with E-state index in [0.29, 0.717) is 0 Å². The summed E-state index contributed by atoms with van der Waals surface area (Å²) in [6, 6.07) is 5.90. The normalized spacial score (nSPS) is 8.17. The molecule has 0 radical (unpaired) electrons. The first-order chi connectivity index (χ1) is 5.85. The predicted octanol–water partition coefficient (Wildman–Crippen LogP) is 1.01. The summed E-state index contributed by atoms with van der Waals surface area (Å²) in [5.41, 5.74) is 1.08. The molecule has 0 aliphatic carbocycles. The van der Waals surface area contributed by atoms with Crippen molar-refractivity contribution in [2.75, 3.05) is 7.05 Å². The molecule has 0 spiro atoms. The minimum absolute atomic E-state index is 0.750. The lowest BCUT2D eigenvalue weighted by atomic mass is 10.3. The van der Waals surface area contributed by atoms with Gasteiger partial charge in [-0.25, -0.2) is 0 Å². The molecule has 0 aliphatic rings. The van der Waals surface area contributed by atoms with Gasteiger partial charge in [0, 0.05) is 12.7 Å². The molecule has 0 saturated carbocycles. The van der Waals surface area contributed by atoms with Crippen molar-refractivity contribution in [1.82, 2.24) is 10.3 Å². The van der Waals surface area contributed by atoms with Crippen LogP contribution in [0.15, 0.2) is 24.4 Å². The molecule has 12 heavy (non-hydrogen) atoms. The van der Waals surface area contributed by atoms with Crippen LogP contribution in [0.25, 0.3) is 0 Å². The molecule has 1 heterocycles. The van der Waals surface area contributed by atoms with E-state index >= 15 is 0 Å². The summed E-state index contributed by atoms with van der Waals surface area (Å²) in [7, 11) is 1.91. The molecule has 3 nitrogen and oxygen atoms in total. The lowest BCUT2D eigenvalue weighted by Gasteiger charge is -1.94. The second kappa shape index (κ2) is 7.88. The SMILES string of the molecule is CC=O.CNCc1ccccn1. The molecule has 1 aromatic heterocycles. The van der Waals surface area contributed by atoms with Gasteiger partial charge in [-0.05, 0) is 26.1 Å². The van der Waals surface area contributed by atoms with Crippen LogP contribution in [0.1, 0.15) is 12.6 Å². The van der Waals surface area contributed by atoms with Crippen molar-refractivity contribution in [2.24, 2.45) is 0 Å². The van der Waals surface area contributed by atoms with Crippen LogP contribution in [0, 0.1) is 0 Å². The van der Waals surface area contributed by atoms with Crippen molar-refractivity contribution in [3.05, 3.63) is 30.1 Å². The van der Waals surface area contributed by atoms with Gasteiger partial charge in [-0.15, -0.1) is 0 Å². The summed E-state index contributed by atoms with van der Waals surface area (Å²) in [5, 5.41) is 3.02. The van der Waals surface area contributed by atoms with Crippen molar-refractivity contribution in [2.45, 2.75) is 13.5 Å². The summed E-state index contributed by atoms with van der Waals surface area (Å²) in [4.78, 5) is 12.9. The number of nitrogens with one attached hydrogen (secondary N) is 1. The Kier molecular flexibility index (Phi) is 7.08. The van der Waals surface area contributed by atoms with Gasteiger partial charge in [-0.3, -0.25) is 4.98 Å². The Morgan fingerprint density at radius 2 is 2.25 bits per heavy atom. The van der Waals surface area contributed by atoms with Crippen molar-refractivity contribution in [3.8, 4) is 0 Å². The monoisotopic (exact) mass is 166 g/mol. The van der Waals surface area contributed by atoms with E-state index in [1.54, 1.807) is 6.20 Å². The summed E-state index contributed by atoms with van der Waals surface area (Å²) in [6.45, 7) is 2.29. The Hall–Kier alpha value is -1.22. The van der Waals surface area contributed by atoms with E-state index in [2.05, 4.69) is 10.3 Å². The highest BCUT2D eigenvalue weighted by Gasteiger charge is 1.85. The predicted molar refractivity (Wildman–Crippen MR) is 48.7 cm³/mol. The molecular weight excluding hydrogens is 152 g/mol. The second-order valence-electron chi connectivity index (χ2n) is 2.09. The summed E-state index contributed by atoms with van der Waals surface area (Å²) >= 11 is 0. The molecule has 0 amide bonds. The number of pyridine rings is 1. The Balaban J connectivity index is 0.000000354. The third-order valence-corrected chi connectivity index (χ3v) is 1.08. The first-order valence-electron chi connectivity index (χ1n) is 3.79.